The van der Waals surface area contributed by atoms with Crippen LogP contribution in [0.2, 0.25) is 0 Å². The molecule has 0 spiro atoms. The van der Waals surface area contributed by atoms with Gasteiger partial charge < -0.3 is 21.3 Å². The molecule has 0 bridgehead atoms. The van der Waals surface area contributed by atoms with Crippen molar-refractivity contribution in [3.8, 4) is 0 Å². The van der Waals surface area contributed by atoms with Gasteiger partial charge in [0.25, 0.3) is 0 Å². The van der Waals surface area contributed by atoms with Crippen LogP contribution < -0.4 is 21.3 Å². The van der Waals surface area contributed by atoms with E-state index in [0.29, 0.717) is 25.6 Å². The van der Waals surface area contributed by atoms with Gasteiger partial charge in [-0.2, -0.15) is 0 Å². The molecule has 6 nitrogen and oxygen atoms in total. The van der Waals surface area contributed by atoms with Crippen molar-refractivity contribution in [2.75, 3.05) is 19.6 Å². The van der Waals surface area contributed by atoms with Crippen LogP contribution in [-0.4, -0.2) is 49.6 Å². The summed E-state index contributed by atoms with van der Waals surface area (Å²) < 4.78 is 0. The second-order valence-corrected chi connectivity index (χ2v) is 5.19. The van der Waals surface area contributed by atoms with Crippen molar-refractivity contribution in [3.63, 3.8) is 0 Å². The SMILES string of the molecule is CCC(C)NC(=O)CCNC(=O)C1CNC(C)CN1. The first-order valence-corrected chi connectivity index (χ1v) is 7.06. The molecule has 1 saturated heterocycles. The summed E-state index contributed by atoms with van der Waals surface area (Å²) in [6, 6.07) is 0.382. The largest absolute Gasteiger partial charge is 0.354 e. The minimum atomic E-state index is -0.200. The second kappa shape index (κ2) is 8.12. The van der Waals surface area contributed by atoms with E-state index < -0.39 is 0 Å². The Labute approximate surface area is 115 Å². The maximum absolute atomic E-state index is 11.8. The topological polar surface area (TPSA) is 82.3 Å². The van der Waals surface area contributed by atoms with Crippen molar-refractivity contribution in [3.05, 3.63) is 0 Å². The number of rotatable bonds is 6. The third kappa shape index (κ3) is 6.02. The average molecular weight is 270 g/mol. The number of carbonyl (C=O) groups is 2. The zero-order chi connectivity index (χ0) is 14.3. The highest BCUT2D eigenvalue weighted by Crippen LogP contribution is 1.93. The summed E-state index contributed by atoms with van der Waals surface area (Å²) in [5, 5.41) is 12.1. The van der Waals surface area contributed by atoms with Gasteiger partial charge >= 0.3 is 0 Å². The smallest absolute Gasteiger partial charge is 0.238 e. The van der Waals surface area contributed by atoms with Gasteiger partial charge in [-0.3, -0.25) is 9.59 Å². The van der Waals surface area contributed by atoms with Crippen molar-refractivity contribution in [2.45, 2.75) is 51.7 Å². The normalized spacial score (nSPS) is 24.6. The number of amides is 2. The van der Waals surface area contributed by atoms with E-state index in [-0.39, 0.29) is 23.9 Å². The summed E-state index contributed by atoms with van der Waals surface area (Å²) in [5.41, 5.74) is 0. The molecule has 0 saturated carbocycles. The second-order valence-electron chi connectivity index (χ2n) is 5.19. The van der Waals surface area contributed by atoms with Crippen LogP contribution >= 0.6 is 0 Å². The fourth-order valence-corrected chi connectivity index (χ4v) is 1.84. The first kappa shape index (κ1) is 15.9. The van der Waals surface area contributed by atoms with Gasteiger partial charge in [0, 0.05) is 38.1 Å². The molecule has 1 heterocycles. The minimum Gasteiger partial charge on any atom is -0.354 e. The van der Waals surface area contributed by atoms with Gasteiger partial charge in [0.15, 0.2) is 0 Å². The van der Waals surface area contributed by atoms with E-state index in [1.54, 1.807) is 0 Å². The van der Waals surface area contributed by atoms with Crippen molar-refractivity contribution in [1.82, 2.24) is 21.3 Å². The molecule has 3 unspecified atom stereocenters. The van der Waals surface area contributed by atoms with E-state index in [4.69, 9.17) is 0 Å². The highest BCUT2D eigenvalue weighted by Gasteiger charge is 2.22. The first-order valence-electron chi connectivity index (χ1n) is 7.06. The van der Waals surface area contributed by atoms with Crippen LogP contribution in [-0.2, 0) is 9.59 Å². The molecule has 0 radical (unpaired) electrons. The van der Waals surface area contributed by atoms with Gasteiger partial charge in [-0.25, -0.2) is 0 Å². The van der Waals surface area contributed by atoms with E-state index >= 15 is 0 Å². The lowest BCUT2D eigenvalue weighted by Gasteiger charge is -2.28. The third-order valence-corrected chi connectivity index (χ3v) is 3.33. The fourth-order valence-electron chi connectivity index (χ4n) is 1.84. The lowest BCUT2D eigenvalue weighted by atomic mass is 10.1. The summed E-state index contributed by atoms with van der Waals surface area (Å²) in [4.78, 5) is 23.3. The summed E-state index contributed by atoms with van der Waals surface area (Å²) in [6.45, 7) is 7.86. The Balaban J connectivity index is 2.15. The highest BCUT2D eigenvalue weighted by atomic mass is 16.2. The van der Waals surface area contributed by atoms with Crippen LogP contribution in [0.3, 0.4) is 0 Å². The molecule has 6 heteroatoms. The molecule has 19 heavy (non-hydrogen) atoms. The Kier molecular flexibility index (Phi) is 6.80. The molecule has 0 aliphatic carbocycles. The molecule has 1 aliphatic rings. The highest BCUT2D eigenvalue weighted by molar-refractivity contribution is 5.83. The summed E-state index contributed by atoms with van der Waals surface area (Å²) in [7, 11) is 0. The fraction of sp³-hybridized carbons (Fsp3) is 0.846. The number of nitrogens with one attached hydrogen (secondary N) is 4. The standard InChI is InChI=1S/C13H26N4O2/c1-4-9(2)17-12(18)5-6-14-13(19)11-8-15-10(3)7-16-11/h9-11,15-16H,4-8H2,1-3H3,(H,14,19)(H,17,18). The molecule has 4 N–H and O–H groups in total. The lowest BCUT2D eigenvalue weighted by molar-refractivity contribution is -0.124. The molecule has 1 fully saturated rings. The number of hydrogen-bond acceptors (Lipinski definition) is 4. The molecule has 1 rings (SSSR count). The molecule has 0 aromatic rings. The van der Waals surface area contributed by atoms with Crippen LogP contribution in [0.4, 0.5) is 0 Å². The van der Waals surface area contributed by atoms with Gasteiger partial charge in [-0.15, -0.1) is 0 Å². The molecule has 0 aromatic heterocycles. The summed E-state index contributed by atoms with van der Waals surface area (Å²) in [6.07, 6.45) is 1.24. The van der Waals surface area contributed by atoms with Crippen molar-refractivity contribution in [1.29, 1.82) is 0 Å². The van der Waals surface area contributed by atoms with Gasteiger partial charge in [0.05, 0.1) is 6.04 Å². The van der Waals surface area contributed by atoms with E-state index in [9.17, 15) is 9.59 Å². The van der Waals surface area contributed by atoms with Gasteiger partial charge in [0.2, 0.25) is 11.8 Å². The molecule has 1 aliphatic heterocycles. The number of piperazine rings is 1. The predicted octanol–water partition coefficient (Wildman–Crippen LogP) is -0.643. The van der Waals surface area contributed by atoms with Crippen LogP contribution in [0.15, 0.2) is 0 Å². The zero-order valence-corrected chi connectivity index (χ0v) is 12.1. The van der Waals surface area contributed by atoms with Crippen LogP contribution in [0, 0.1) is 0 Å². The van der Waals surface area contributed by atoms with Crippen LogP contribution in [0.1, 0.15) is 33.6 Å². The van der Waals surface area contributed by atoms with Crippen molar-refractivity contribution >= 4 is 11.8 Å². The monoisotopic (exact) mass is 270 g/mol. The van der Waals surface area contributed by atoms with Gasteiger partial charge in [0.1, 0.15) is 0 Å². The Morgan fingerprint density at radius 1 is 1.32 bits per heavy atom. The maximum atomic E-state index is 11.8. The van der Waals surface area contributed by atoms with E-state index in [0.717, 1.165) is 13.0 Å². The summed E-state index contributed by atoms with van der Waals surface area (Å²) in [5.74, 6) is -0.0614. The Morgan fingerprint density at radius 2 is 2.05 bits per heavy atom. The average Bonchev–Trinajstić information content (AvgIpc) is 2.39. The molecule has 2 amide bonds. The predicted molar refractivity (Wildman–Crippen MR) is 74.8 cm³/mol. The molecule has 3 atom stereocenters. The van der Waals surface area contributed by atoms with Crippen LogP contribution in [0.5, 0.6) is 0 Å². The van der Waals surface area contributed by atoms with Crippen molar-refractivity contribution < 1.29 is 9.59 Å². The van der Waals surface area contributed by atoms with Gasteiger partial charge in [-0.05, 0) is 20.3 Å². The zero-order valence-electron chi connectivity index (χ0n) is 12.1. The Hall–Kier alpha value is -1.14. The molecule has 110 valence electrons. The van der Waals surface area contributed by atoms with Gasteiger partial charge in [-0.1, -0.05) is 6.92 Å². The number of hydrogen-bond donors (Lipinski definition) is 4. The van der Waals surface area contributed by atoms with Crippen molar-refractivity contribution in [2.24, 2.45) is 0 Å². The molecular weight excluding hydrogens is 244 g/mol. The maximum Gasteiger partial charge on any atom is 0.238 e. The molecular formula is C13H26N4O2. The molecule has 0 aromatic carbocycles. The minimum absolute atomic E-state index is 0.0157. The van der Waals surface area contributed by atoms with E-state index in [2.05, 4.69) is 28.2 Å². The lowest BCUT2D eigenvalue weighted by Crippen LogP contribution is -2.59. The Bertz CT molecular complexity index is 301. The Morgan fingerprint density at radius 3 is 2.63 bits per heavy atom. The van der Waals surface area contributed by atoms with E-state index in [1.165, 1.54) is 0 Å². The quantitative estimate of drug-likeness (QED) is 0.517. The van der Waals surface area contributed by atoms with E-state index in [1.807, 2.05) is 13.8 Å². The summed E-state index contributed by atoms with van der Waals surface area (Å²) >= 11 is 0. The first-order chi connectivity index (χ1) is 9.02. The third-order valence-electron chi connectivity index (χ3n) is 3.33. The van der Waals surface area contributed by atoms with Crippen LogP contribution in [0.25, 0.3) is 0 Å². The number of carbonyl (C=O) groups excluding carboxylic acids is 2.